The number of para-hydroxylation sites is 1. The Morgan fingerprint density at radius 3 is 3.17 bits per heavy atom. The van der Waals surface area contributed by atoms with Gasteiger partial charge in [0.1, 0.15) is 11.9 Å². The first-order valence-electron chi connectivity index (χ1n) is 6.03. The molecule has 1 heterocycles. The van der Waals surface area contributed by atoms with Crippen LogP contribution in [-0.2, 0) is 4.84 Å². The smallest absolute Gasteiger partial charge is 0.145 e. The van der Waals surface area contributed by atoms with Crippen molar-refractivity contribution in [3.63, 3.8) is 0 Å². The van der Waals surface area contributed by atoms with E-state index in [2.05, 4.69) is 17.1 Å². The van der Waals surface area contributed by atoms with Gasteiger partial charge in [0.05, 0.1) is 12.8 Å². The molecule has 1 aliphatic rings. The highest BCUT2D eigenvalue weighted by Crippen LogP contribution is 2.24. The lowest BCUT2D eigenvalue weighted by atomic mass is 10.0. The van der Waals surface area contributed by atoms with Crippen molar-refractivity contribution in [3.8, 4) is 5.75 Å². The molecule has 1 atom stereocenters. The van der Waals surface area contributed by atoms with Crippen LogP contribution in [0.15, 0.2) is 42.1 Å². The van der Waals surface area contributed by atoms with E-state index in [1.807, 2.05) is 30.3 Å². The summed E-state index contributed by atoms with van der Waals surface area (Å²) in [5.41, 5.74) is 1.95. The maximum atomic E-state index is 5.40. The first kappa shape index (κ1) is 12.6. The molecule has 0 saturated carbocycles. The summed E-state index contributed by atoms with van der Waals surface area (Å²) in [5.74, 6) is 0.833. The lowest BCUT2D eigenvalue weighted by molar-refractivity contribution is 0.0859. The predicted octanol–water partition coefficient (Wildman–Crippen LogP) is 1.96. The fourth-order valence-electron chi connectivity index (χ4n) is 1.93. The van der Waals surface area contributed by atoms with Crippen LogP contribution < -0.4 is 10.1 Å². The van der Waals surface area contributed by atoms with Gasteiger partial charge in [-0.3, -0.25) is 0 Å². The Bertz CT molecular complexity index is 443. The van der Waals surface area contributed by atoms with Crippen molar-refractivity contribution in [2.45, 2.75) is 12.5 Å². The third-order valence-corrected chi connectivity index (χ3v) is 2.81. The van der Waals surface area contributed by atoms with Gasteiger partial charge in [0.25, 0.3) is 0 Å². The number of rotatable bonds is 6. The van der Waals surface area contributed by atoms with E-state index in [1.165, 1.54) is 0 Å². The summed E-state index contributed by atoms with van der Waals surface area (Å²) < 4.78 is 5.33. The predicted molar refractivity (Wildman–Crippen MR) is 72.1 cm³/mol. The van der Waals surface area contributed by atoms with E-state index in [0.717, 1.165) is 36.5 Å². The largest absolute Gasteiger partial charge is 0.496 e. The summed E-state index contributed by atoms with van der Waals surface area (Å²) in [5, 5.41) is 7.38. The zero-order valence-corrected chi connectivity index (χ0v) is 10.6. The Morgan fingerprint density at radius 1 is 1.56 bits per heavy atom. The molecule has 0 radical (unpaired) electrons. The van der Waals surface area contributed by atoms with E-state index in [-0.39, 0.29) is 6.10 Å². The zero-order chi connectivity index (χ0) is 12.8. The molecule has 0 saturated heterocycles. The van der Waals surface area contributed by atoms with Gasteiger partial charge >= 0.3 is 0 Å². The molecule has 0 bridgehead atoms. The standard InChI is InChI=1S/C14H18N2O2/c1-3-8-15-10-11-9-13(16-18-11)12-6-4-5-7-14(12)17-2/h3-7,11,15H,1,8-10H2,2H3. The second kappa shape index (κ2) is 6.21. The molecule has 2 rings (SSSR count). The molecule has 1 unspecified atom stereocenters. The van der Waals surface area contributed by atoms with Crippen LogP contribution >= 0.6 is 0 Å². The molecular formula is C14H18N2O2. The number of nitrogens with zero attached hydrogens (tertiary/aromatic N) is 1. The lowest BCUT2D eigenvalue weighted by Gasteiger charge is -2.09. The lowest BCUT2D eigenvalue weighted by Crippen LogP contribution is -2.27. The summed E-state index contributed by atoms with van der Waals surface area (Å²) in [4.78, 5) is 5.40. The van der Waals surface area contributed by atoms with Gasteiger partial charge < -0.3 is 14.9 Å². The number of ether oxygens (including phenoxy) is 1. The molecule has 0 amide bonds. The Morgan fingerprint density at radius 2 is 2.39 bits per heavy atom. The Hall–Kier alpha value is -1.81. The van der Waals surface area contributed by atoms with Crippen LogP contribution in [0, 0.1) is 0 Å². The van der Waals surface area contributed by atoms with Gasteiger partial charge in [-0.1, -0.05) is 23.4 Å². The summed E-state index contributed by atoms with van der Waals surface area (Å²) in [6, 6.07) is 7.85. The summed E-state index contributed by atoms with van der Waals surface area (Å²) in [6.45, 7) is 5.22. The van der Waals surface area contributed by atoms with E-state index >= 15 is 0 Å². The third kappa shape index (κ3) is 2.90. The van der Waals surface area contributed by atoms with Gasteiger partial charge in [0, 0.05) is 25.1 Å². The maximum Gasteiger partial charge on any atom is 0.145 e. The molecule has 4 nitrogen and oxygen atoms in total. The summed E-state index contributed by atoms with van der Waals surface area (Å²) in [6.07, 6.45) is 2.71. The highest BCUT2D eigenvalue weighted by atomic mass is 16.6. The van der Waals surface area contributed by atoms with Crippen LogP contribution in [0.25, 0.3) is 0 Å². The van der Waals surface area contributed by atoms with Crippen molar-refractivity contribution in [1.29, 1.82) is 0 Å². The normalized spacial score (nSPS) is 18.1. The van der Waals surface area contributed by atoms with E-state index in [1.54, 1.807) is 7.11 Å². The van der Waals surface area contributed by atoms with Crippen molar-refractivity contribution in [1.82, 2.24) is 5.32 Å². The van der Waals surface area contributed by atoms with Crippen LogP contribution in [-0.4, -0.2) is 32.0 Å². The SMILES string of the molecule is C=CCNCC1CC(c2ccccc2OC)=NO1. The number of nitrogens with one attached hydrogen (secondary N) is 1. The number of oxime groups is 1. The molecular weight excluding hydrogens is 228 g/mol. The van der Waals surface area contributed by atoms with Crippen molar-refractivity contribution in [2.24, 2.45) is 5.16 Å². The Kier molecular flexibility index (Phi) is 4.36. The van der Waals surface area contributed by atoms with Gasteiger partial charge in [0.2, 0.25) is 0 Å². The van der Waals surface area contributed by atoms with E-state index in [0.29, 0.717) is 0 Å². The van der Waals surface area contributed by atoms with Crippen LogP contribution in [0.1, 0.15) is 12.0 Å². The van der Waals surface area contributed by atoms with Crippen molar-refractivity contribution >= 4 is 5.71 Å². The molecule has 1 N–H and O–H groups in total. The molecule has 0 fully saturated rings. The minimum atomic E-state index is 0.0878. The number of hydrogen-bond donors (Lipinski definition) is 1. The highest BCUT2D eigenvalue weighted by molar-refractivity contribution is 6.03. The first-order chi connectivity index (χ1) is 8.85. The molecule has 0 aromatic heterocycles. The average molecular weight is 246 g/mol. The quantitative estimate of drug-likeness (QED) is 0.616. The third-order valence-electron chi connectivity index (χ3n) is 2.81. The van der Waals surface area contributed by atoms with Crippen molar-refractivity contribution < 1.29 is 9.57 Å². The second-order valence-corrected chi connectivity index (χ2v) is 4.12. The molecule has 1 aliphatic heterocycles. The molecule has 1 aromatic carbocycles. The summed E-state index contributed by atoms with van der Waals surface area (Å²) >= 11 is 0. The average Bonchev–Trinajstić information content (AvgIpc) is 2.88. The fraction of sp³-hybridized carbons (Fsp3) is 0.357. The van der Waals surface area contributed by atoms with Gasteiger partial charge in [0.15, 0.2) is 0 Å². The van der Waals surface area contributed by atoms with Crippen molar-refractivity contribution in [3.05, 3.63) is 42.5 Å². The van der Waals surface area contributed by atoms with Crippen LogP contribution in [0.5, 0.6) is 5.75 Å². The second-order valence-electron chi connectivity index (χ2n) is 4.12. The van der Waals surface area contributed by atoms with Crippen molar-refractivity contribution in [2.75, 3.05) is 20.2 Å². The van der Waals surface area contributed by atoms with Crippen LogP contribution in [0.3, 0.4) is 0 Å². The van der Waals surface area contributed by atoms with E-state index < -0.39 is 0 Å². The molecule has 4 heteroatoms. The van der Waals surface area contributed by atoms with Crippen LogP contribution in [0.4, 0.5) is 0 Å². The summed E-state index contributed by atoms with van der Waals surface area (Å²) in [7, 11) is 1.67. The fourth-order valence-corrected chi connectivity index (χ4v) is 1.93. The minimum Gasteiger partial charge on any atom is -0.496 e. The molecule has 96 valence electrons. The van der Waals surface area contributed by atoms with Crippen LogP contribution in [0.2, 0.25) is 0 Å². The molecule has 18 heavy (non-hydrogen) atoms. The zero-order valence-electron chi connectivity index (χ0n) is 10.6. The van der Waals surface area contributed by atoms with E-state index in [4.69, 9.17) is 9.57 Å². The molecule has 0 aliphatic carbocycles. The monoisotopic (exact) mass is 246 g/mol. The Labute approximate surface area is 107 Å². The molecule has 0 spiro atoms. The number of benzene rings is 1. The Balaban J connectivity index is 1.97. The molecule has 1 aromatic rings. The minimum absolute atomic E-state index is 0.0878. The van der Waals surface area contributed by atoms with Gasteiger partial charge in [-0.2, -0.15) is 0 Å². The first-order valence-corrected chi connectivity index (χ1v) is 6.03. The maximum absolute atomic E-state index is 5.40. The van der Waals surface area contributed by atoms with Gasteiger partial charge in [-0.05, 0) is 12.1 Å². The van der Waals surface area contributed by atoms with E-state index in [9.17, 15) is 0 Å². The van der Waals surface area contributed by atoms with Gasteiger partial charge in [-0.15, -0.1) is 6.58 Å². The number of methoxy groups -OCH3 is 1. The highest BCUT2D eigenvalue weighted by Gasteiger charge is 2.23. The number of hydrogen-bond acceptors (Lipinski definition) is 4. The van der Waals surface area contributed by atoms with Gasteiger partial charge in [-0.25, -0.2) is 0 Å². The topological polar surface area (TPSA) is 42.8 Å².